The Balaban J connectivity index is 1.44. The zero-order valence-corrected chi connectivity index (χ0v) is 15.2. The predicted octanol–water partition coefficient (Wildman–Crippen LogP) is 2.52. The van der Waals surface area contributed by atoms with Gasteiger partial charge in [-0.1, -0.05) is 12.2 Å². The highest BCUT2D eigenvalue weighted by Crippen LogP contribution is 2.56. The number of piperidine rings is 3. The number of nitrogens with two attached hydrogens (primary N) is 1. The molecule has 134 valence electrons. The lowest BCUT2D eigenvalue weighted by molar-refractivity contribution is -0.962. The van der Waals surface area contributed by atoms with Crippen LogP contribution in [0.3, 0.4) is 0 Å². The smallest absolute Gasteiger partial charge is 0.193 e. The molecule has 6 heterocycles. The summed E-state index contributed by atoms with van der Waals surface area (Å²) < 4.78 is 13.4. The third kappa shape index (κ3) is 2.15. The summed E-state index contributed by atoms with van der Waals surface area (Å²) in [6.45, 7) is 3.73. The molecule has 5 heteroatoms. The van der Waals surface area contributed by atoms with Crippen LogP contribution in [-0.2, 0) is 11.3 Å². The SMILES string of the molecule is CN1CC=CC2=C1O[C@@]1(C2)C[N+]2(C)CCC1CC2c1coc(CN)c1. The van der Waals surface area contributed by atoms with Gasteiger partial charge in [-0.15, -0.1) is 0 Å². The predicted molar refractivity (Wildman–Crippen MR) is 95.2 cm³/mol. The summed E-state index contributed by atoms with van der Waals surface area (Å²) in [5.74, 6) is 2.62. The van der Waals surface area contributed by atoms with Crippen molar-refractivity contribution in [1.29, 1.82) is 0 Å². The molecule has 4 atom stereocenters. The molecule has 0 aliphatic carbocycles. The molecule has 3 fully saturated rings. The minimum atomic E-state index is -0.0163. The molecule has 1 spiro atoms. The van der Waals surface area contributed by atoms with Crippen LogP contribution in [0.25, 0.3) is 0 Å². The number of fused-ring (bicyclic) bond motifs is 2. The van der Waals surface area contributed by atoms with Gasteiger partial charge in [0.2, 0.25) is 0 Å². The highest BCUT2D eigenvalue weighted by atomic mass is 16.5. The van der Waals surface area contributed by atoms with Crippen molar-refractivity contribution in [3.05, 3.63) is 47.3 Å². The van der Waals surface area contributed by atoms with Crippen LogP contribution >= 0.6 is 0 Å². The van der Waals surface area contributed by atoms with Crippen LogP contribution in [0.15, 0.2) is 40.4 Å². The van der Waals surface area contributed by atoms with Crippen molar-refractivity contribution in [3.8, 4) is 0 Å². The Bertz CT molecular complexity index is 767. The maximum atomic E-state index is 6.71. The van der Waals surface area contributed by atoms with E-state index in [2.05, 4.69) is 37.2 Å². The van der Waals surface area contributed by atoms with Gasteiger partial charge in [0.05, 0.1) is 26.4 Å². The second-order valence-corrected chi connectivity index (χ2v) is 8.61. The zero-order valence-electron chi connectivity index (χ0n) is 15.2. The first-order valence-electron chi connectivity index (χ1n) is 9.44. The molecule has 5 aliphatic heterocycles. The van der Waals surface area contributed by atoms with E-state index in [0.29, 0.717) is 18.5 Å². The summed E-state index contributed by atoms with van der Waals surface area (Å²) in [5.41, 5.74) is 8.43. The molecule has 5 nitrogen and oxygen atoms in total. The van der Waals surface area contributed by atoms with Gasteiger partial charge in [-0.3, -0.25) is 0 Å². The van der Waals surface area contributed by atoms with Gasteiger partial charge in [-0.25, -0.2) is 0 Å². The number of hydrogen-bond donors (Lipinski definition) is 1. The molecule has 1 aromatic heterocycles. The van der Waals surface area contributed by atoms with E-state index in [1.807, 2.05) is 6.26 Å². The first kappa shape index (κ1) is 15.5. The Labute approximate surface area is 149 Å². The van der Waals surface area contributed by atoms with Crippen molar-refractivity contribution in [2.24, 2.45) is 11.7 Å². The van der Waals surface area contributed by atoms with E-state index >= 15 is 0 Å². The quantitative estimate of drug-likeness (QED) is 0.839. The number of rotatable bonds is 2. The van der Waals surface area contributed by atoms with Gasteiger partial charge in [-0.05, 0) is 6.07 Å². The van der Waals surface area contributed by atoms with E-state index in [1.54, 1.807) is 0 Å². The minimum absolute atomic E-state index is 0.0163. The van der Waals surface area contributed by atoms with E-state index < -0.39 is 0 Å². The van der Waals surface area contributed by atoms with Crippen LogP contribution in [0, 0.1) is 5.92 Å². The number of likely N-dealkylation sites (N-methyl/N-ethyl adjacent to an activating group) is 2. The van der Waals surface area contributed by atoms with E-state index in [0.717, 1.165) is 35.6 Å². The molecule has 1 aromatic rings. The summed E-state index contributed by atoms with van der Waals surface area (Å²) >= 11 is 0. The molecular formula is C20H28N3O2+. The Hall–Kier alpha value is -1.72. The van der Waals surface area contributed by atoms with Crippen LogP contribution in [0.2, 0.25) is 0 Å². The monoisotopic (exact) mass is 342 g/mol. The number of hydrogen-bond acceptors (Lipinski definition) is 4. The number of quaternary nitrogens is 1. The van der Waals surface area contributed by atoms with E-state index in [1.165, 1.54) is 30.5 Å². The van der Waals surface area contributed by atoms with Crippen molar-refractivity contribution in [3.63, 3.8) is 0 Å². The van der Waals surface area contributed by atoms with Crippen molar-refractivity contribution in [1.82, 2.24) is 4.90 Å². The molecular weight excluding hydrogens is 314 g/mol. The summed E-state index contributed by atoms with van der Waals surface area (Å²) in [7, 11) is 4.54. The van der Waals surface area contributed by atoms with Crippen LogP contribution in [0.5, 0.6) is 0 Å². The summed E-state index contributed by atoms with van der Waals surface area (Å²) in [6, 6.07) is 2.67. The van der Waals surface area contributed by atoms with Gasteiger partial charge in [-0.2, -0.15) is 0 Å². The third-order valence-electron chi connectivity index (χ3n) is 6.99. The molecule has 25 heavy (non-hydrogen) atoms. The van der Waals surface area contributed by atoms with Gasteiger partial charge >= 0.3 is 0 Å². The van der Waals surface area contributed by atoms with Gasteiger partial charge in [0.25, 0.3) is 0 Å². The van der Waals surface area contributed by atoms with E-state index in [4.69, 9.17) is 14.9 Å². The fraction of sp³-hybridized carbons (Fsp3) is 0.600. The number of allylic oxidation sites excluding steroid dienone is 1. The molecule has 6 rings (SSSR count). The fourth-order valence-corrected chi connectivity index (χ4v) is 5.73. The second kappa shape index (κ2) is 5.15. The normalized spacial score (nSPS) is 39.2. The molecule has 0 amide bonds. The number of ether oxygens (including phenoxy) is 1. The highest BCUT2D eigenvalue weighted by molar-refractivity contribution is 5.33. The van der Waals surface area contributed by atoms with Gasteiger partial charge in [0.15, 0.2) is 11.5 Å². The van der Waals surface area contributed by atoms with Gasteiger partial charge < -0.3 is 24.3 Å². The van der Waals surface area contributed by atoms with Crippen LogP contribution in [-0.4, -0.2) is 48.7 Å². The van der Waals surface area contributed by atoms with Crippen molar-refractivity contribution >= 4 is 0 Å². The average Bonchev–Trinajstić information content (AvgIpc) is 3.20. The Morgan fingerprint density at radius 1 is 1.44 bits per heavy atom. The molecule has 3 saturated heterocycles. The maximum Gasteiger partial charge on any atom is 0.193 e. The highest BCUT2D eigenvalue weighted by Gasteiger charge is 2.62. The van der Waals surface area contributed by atoms with Gasteiger partial charge in [0, 0.05) is 49.9 Å². The number of furan rings is 1. The first-order valence-corrected chi connectivity index (χ1v) is 9.44. The standard InChI is InChI=1S/C20H28N3O2/c1-22-6-3-4-14-10-20(25-19(14)22)13-23(2)7-5-16(20)9-18(23)15-8-17(11-21)24-12-15/h3-4,8,12,16,18H,5-7,9-11,13,21H2,1-2H3/q+1/t16?,18?,20-,23?/m0/s1. The van der Waals surface area contributed by atoms with Crippen molar-refractivity contribution in [2.45, 2.75) is 37.5 Å². The van der Waals surface area contributed by atoms with Crippen LogP contribution < -0.4 is 5.73 Å². The van der Waals surface area contributed by atoms with Gasteiger partial charge in [0.1, 0.15) is 18.3 Å². The molecule has 2 bridgehead atoms. The second-order valence-electron chi connectivity index (χ2n) is 8.61. The summed E-state index contributed by atoms with van der Waals surface area (Å²) in [5, 5.41) is 0. The Morgan fingerprint density at radius 2 is 2.32 bits per heavy atom. The van der Waals surface area contributed by atoms with Crippen molar-refractivity contribution < 1.29 is 13.6 Å². The lowest BCUT2D eigenvalue weighted by atomic mass is 9.68. The summed E-state index contributed by atoms with van der Waals surface area (Å²) in [6.07, 6.45) is 9.95. The molecule has 5 aliphatic rings. The summed E-state index contributed by atoms with van der Waals surface area (Å²) in [4.78, 5) is 2.25. The Kier molecular flexibility index (Phi) is 3.20. The minimum Gasteiger partial charge on any atom is -0.467 e. The Morgan fingerprint density at radius 3 is 3.04 bits per heavy atom. The van der Waals surface area contributed by atoms with Crippen molar-refractivity contribution in [2.75, 3.05) is 33.7 Å². The molecule has 2 N–H and O–H groups in total. The van der Waals surface area contributed by atoms with Crippen LogP contribution in [0.4, 0.5) is 0 Å². The van der Waals surface area contributed by atoms with E-state index in [9.17, 15) is 0 Å². The number of nitrogens with zero attached hydrogens (tertiary/aromatic N) is 2. The lowest BCUT2D eigenvalue weighted by Crippen LogP contribution is -2.68. The average molecular weight is 342 g/mol. The third-order valence-corrected chi connectivity index (χ3v) is 6.99. The largest absolute Gasteiger partial charge is 0.467 e. The maximum absolute atomic E-state index is 6.71. The topological polar surface area (TPSA) is 51.6 Å². The molecule has 0 saturated carbocycles. The van der Waals surface area contributed by atoms with Crippen LogP contribution in [0.1, 0.15) is 36.6 Å². The lowest BCUT2D eigenvalue weighted by Gasteiger charge is -2.58. The molecule has 0 radical (unpaired) electrons. The fourth-order valence-electron chi connectivity index (χ4n) is 5.73. The van der Waals surface area contributed by atoms with E-state index in [-0.39, 0.29) is 5.60 Å². The molecule has 0 aromatic carbocycles. The zero-order chi connectivity index (χ0) is 17.2. The molecule has 3 unspecified atom stereocenters. The first-order chi connectivity index (χ1) is 12.0.